The van der Waals surface area contributed by atoms with Gasteiger partial charge in [-0.1, -0.05) is 0 Å². The van der Waals surface area contributed by atoms with E-state index in [4.69, 9.17) is 5.73 Å². The Morgan fingerprint density at radius 1 is 1.36 bits per heavy atom. The topological polar surface area (TPSA) is 60.2 Å². The quantitative estimate of drug-likeness (QED) is 0.771. The summed E-state index contributed by atoms with van der Waals surface area (Å²) >= 11 is 0. The van der Waals surface area contributed by atoms with Gasteiger partial charge in [-0.05, 0) is 30.7 Å². The maximum Gasteiger partial charge on any atom is 0.341 e. The third kappa shape index (κ3) is 1.84. The number of anilines is 1. The number of aryl methyl sites for hydroxylation is 1. The molecule has 0 amide bonds. The molecular formula is C8H9F2NO2S. The van der Waals surface area contributed by atoms with Gasteiger partial charge in [-0.3, -0.25) is 0 Å². The van der Waals surface area contributed by atoms with Gasteiger partial charge >= 0.3 is 5.76 Å². The maximum absolute atomic E-state index is 12.1. The van der Waals surface area contributed by atoms with Crippen molar-refractivity contribution >= 4 is 15.5 Å². The van der Waals surface area contributed by atoms with E-state index in [0.29, 0.717) is 11.3 Å². The molecule has 0 unspecified atom stereocenters. The minimum Gasteiger partial charge on any atom is -0.399 e. The van der Waals surface area contributed by atoms with Gasteiger partial charge in [0, 0.05) is 5.69 Å². The predicted octanol–water partition coefficient (Wildman–Crippen LogP) is 1.57. The molecule has 1 rings (SSSR count). The van der Waals surface area contributed by atoms with E-state index in [0.717, 1.165) is 12.1 Å². The number of nitrogens with two attached hydrogens (primary N) is 1. The monoisotopic (exact) mass is 221 g/mol. The Balaban J connectivity index is 3.29. The number of nitrogen functional groups attached to an aromatic ring is 1. The van der Waals surface area contributed by atoms with Crippen LogP contribution in [0, 0.1) is 6.92 Å². The van der Waals surface area contributed by atoms with Crippen LogP contribution >= 0.6 is 0 Å². The molecule has 0 aliphatic rings. The van der Waals surface area contributed by atoms with Crippen molar-refractivity contribution in [3.8, 4) is 0 Å². The zero-order valence-electron chi connectivity index (χ0n) is 7.37. The number of halogens is 2. The van der Waals surface area contributed by atoms with Gasteiger partial charge < -0.3 is 5.73 Å². The Hall–Kier alpha value is -1.17. The van der Waals surface area contributed by atoms with E-state index in [1.165, 1.54) is 6.07 Å². The molecule has 1 aromatic carbocycles. The second-order valence-corrected chi connectivity index (χ2v) is 4.74. The third-order valence-corrected chi connectivity index (χ3v) is 3.18. The Kier molecular flexibility index (Phi) is 2.75. The van der Waals surface area contributed by atoms with Crippen LogP contribution in [0.1, 0.15) is 5.56 Å². The first-order chi connectivity index (χ1) is 6.35. The van der Waals surface area contributed by atoms with Crippen LogP contribution in [0.15, 0.2) is 23.1 Å². The SMILES string of the molecule is Cc1cc(S(=O)(=O)C(F)F)ccc1N. The van der Waals surface area contributed by atoms with Crippen LogP contribution in [-0.4, -0.2) is 14.2 Å². The fourth-order valence-corrected chi connectivity index (χ4v) is 1.73. The van der Waals surface area contributed by atoms with E-state index in [1.807, 2.05) is 0 Å². The van der Waals surface area contributed by atoms with Crippen molar-refractivity contribution in [3.63, 3.8) is 0 Å². The zero-order valence-corrected chi connectivity index (χ0v) is 8.18. The van der Waals surface area contributed by atoms with E-state index in [2.05, 4.69) is 0 Å². The molecule has 0 radical (unpaired) electrons. The van der Waals surface area contributed by atoms with Crippen LogP contribution in [0.2, 0.25) is 0 Å². The van der Waals surface area contributed by atoms with Crippen LogP contribution in [0.4, 0.5) is 14.5 Å². The van der Waals surface area contributed by atoms with Crippen LogP contribution in [-0.2, 0) is 9.84 Å². The highest BCUT2D eigenvalue weighted by Crippen LogP contribution is 2.21. The molecule has 0 saturated heterocycles. The molecule has 0 aliphatic heterocycles. The normalized spacial score (nSPS) is 12.0. The van der Waals surface area contributed by atoms with Gasteiger partial charge in [-0.2, -0.15) is 8.78 Å². The summed E-state index contributed by atoms with van der Waals surface area (Å²) in [4.78, 5) is -0.404. The molecule has 1 aromatic rings. The molecule has 78 valence electrons. The third-order valence-electron chi connectivity index (χ3n) is 1.80. The number of alkyl halides is 2. The number of benzene rings is 1. The van der Waals surface area contributed by atoms with Gasteiger partial charge in [-0.15, -0.1) is 0 Å². The summed E-state index contributed by atoms with van der Waals surface area (Å²) in [5, 5.41) is 0. The summed E-state index contributed by atoms with van der Waals surface area (Å²) in [6.07, 6.45) is 0. The Labute approximate surface area is 80.5 Å². The zero-order chi connectivity index (χ0) is 10.9. The number of hydrogen-bond acceptors (Lipinski definition) is 3. The molecule has 3 nitrogen and oxygen atoms in total. The van der Waals surface area contributed by atoms with Gasteiger partial charge in [0.2, 0.25) is 9.84 Å². The number of hydrogen-bond donors (Lipinski definition) is 1. The van der Waals surface area contributed by atoms with Crippen LogP contribution < -0.4 is 5.73 Å². The first kappa shape index (κ1) is 10.9. The van der Waals surface area contributed by atoms with E-state index in [-0.39, 0.29) is 0 Å². The number of sulfone groups is 1. The molecule has 0 aliphatic carbocycles. The molecule has 0 aromatic heterocycles. The Morgan fingerprint density at radius 2 is 1.93 bits per heavy atom. The van der Waals surface area contributed by atoms with Crippen molar-refractivity contribution in [2.24, 2.45) is 0 Å². The molecule has 0 saturated carbocycles. The molecule has 0 spiro atoms. The summed E-state index contributed by atoms with van der Waals surface area (Å²) in [5.74, 6) is -3.40. The highest BCUT2D eigenvalue weighted by molar-refractivity contribution is 7.91. The second-order valence-electron chi connectivity index (χ2n) is 2.82. The van der Waals surface area contributed by atoms with E-state index in [9.17, 15) is 17.2 Å². The standard InChI is InChI=1S/C8H9F2NO2S/c1-5-4-6(2-3-7(5)11)14(12,13)8(9)10/h2-4,8H,11H2,1H3. The van der Waals surface area contributed by atoms with Gasteiger partial charge in [0.05, 0.1) is 4.90 Å². The van der Waals surface area contributed by atoms with Crippen molar-refractivity contribution in [2.45, 2.75) is 17.6 Å². The molecular weight excluding hydrogens is 212 g/mol. The van der Waals surface area contributed by atoms with Gasteiger partial charge in [0.25, 0.3) is 0 Å². The predicted molar refractivity (Wildman–Crippen MR) is 48.8 cm³/mol. The van der Waals surface area contributed by atoms with E-state index >= 15 is 0 Å². The minimum absolute atomic E-state index is 0.373. The van der Waals surface area contributed by atoms with Crippen LogP contribution in [0.5, 0.6) is 0 Å². The largest absolute Gasteiger partial charge is 0.399 e. The molecule has 0 fully saturated rings. The van der Waals surface area contributed by atoms with Gasteiger partial charge in [-0.25, -0.2) is 8.42 Å². The van der Waals surface area contributed by atoms with Crippen LogP contribution in [0.25, 0.3) is 0 Å². The lowest BCUT2D eigenvalue weighted by Gasteiger charge is -2.05. The lowest BCUT2D eigenvalue weighted by atomic mass is 10.2. The molecule has 6 heteroatoms. The first-order valence-corrected chi connectivity index (χ1v) is 5.28. The van der Waals surface area contributed by atoms with Crippen LogP contribution in [0.3, 0.4) is 0 Å². The maximum atomic E-state index is 12.1. The van der Waals surface area contributed by atoms with E-state index < -0.39 is 20.5 Å². The Bertz CT molecular complexity index is 443. The highest BCUT2D eigenvalue weighted by atomic mass is 32.2. The average Bonchev–Trinajstić information content (AvgIpc) is 2.09. The second kappa shape index (κ2) is 3.53. The molecule has 14 heavy (non-hydrogen) atoms. The fourth-order valence-electron chi connectivity index (χ4n) is 0.928. The van der Waals surface area contributed by atoms with Crippen molar-refractivity contribution in [3.05, 3.63) is 23.8 Å². The van der Waals surface area contributed by atoms with E-state index in [1.54, 1.807) is 6.92 Å². The smallest absolute Gasteiger partial charge is 0.341 e. The van der Waals surface area contributed by atoms with Gasteiger partial charge in [0.15, 0.2) is 0 Å². The summed E-state index contributed by atoms with van der Waals surface area (Å²) < 4.78 is 46.2. The minimum atomic E-state index is -4.51. The average molecular weight is 221 g/mol. The molecule has 2 N–H and O–H groups in total. The lowest BCUT2D eigenvalue weighted by molar-refractivity contribution is 0.234. The van der Waals surface area contributed by atoms with Crippen molar-refractivity contribution in [1.29, 1.82) is 0 Å². The lowest BCUT2D eigenvalue weighted by Crippen LogP contribution is -2.11. The highest BCUT2D eigenvalue weighted by Gasteiger charge is 2.26. The fraction of sp³-hybridized carbons (Fsp3) is 0.250. The van der Waals surface area contributed by atoms with Crippen molar-refractivity contribution < 1.29 is 17.2 Å². The summed E-state index contributed by atoms with van der Waals surface area (Å²) in [5.41, 5.74) is 6.26. The van der Waals surface area contributed by atoms with Crippen molar-refractivity contribution in [2.75, 3.05) is 5.73 Å². The summed E-state index contributed by atoms with van der Waals surface area (Å²) in [7, 11) is -4.51. The first-order valence-electron chi connectivity index (χ1n) is 3.74. The Morgan fingerprint density at radius 3 is 2.36 bits per heavy atom. The summed E-state index contributed by atoms with van der Waals surface area (Å²) in [6.45, 7) is 1.56. The van der Waals surface area contributed by atoms with Gasteiger partial charge in [0.1, 0.15) is 0 Å². The number of rotatable bonds is 2. The molecule has 0 atom stereocenters. The molecule has 0 bridgehead atoms. The summed E-state index contributed by atoms with van der Waals surface area (Å²) in [6, 6.07) is 3.51. The van der Waals surface area contributed by atoms with Crippen molar-refractivity contribution in [1.82, 2.24) is 0 Å². The molecule has 0 heterocycles.